The Morgan fingerprint density at radius 2 is 0.913 bits per heavy atom. The van der Waals surface area contributed by atoms with Gasteiger partial charge in [-0.2, -0.15) is 0 Å². The second-order valence-electron chi connectivity index (χ2n) is 19.0. The van der Waals surface area contributed by atoms with Crippen LogP contribution in [0.15, 0.2) is 36.5 Å². The number of rotatable bonds is 42. The molecule has 2 fully saturated rings. The average Bonchev–Trinajstić information content (AvgIpc) is 3.34. The minimum absolute atomic E-state index is 0.131. The van der Waals surface area contributed by atoms with Gasteiger partial charge in [0.15, 0.2) is 18.7 Å². The molecule has 15 heteroatoms. The quantitative estimate of drug-likeness (QED) is 0.0174. The van der Waals surface area contributed by atoms with Crippen LogP contribution in [-0.4, -0.2) is 142 Å². The molecule has 2 heterocycles. The summed E-state index contributed by atoms with van der Waals surface area (Å²) in [7, 11) is 0. The molecule has 0 aliphatic carbocycles. The van der Waals surface area contributed by atoms with Crippen LogP contribution >= 0.6 is 0 Å². The van der Waals surface area contributed by atoms with Crippen molar-refractivity contribution in [3.8, 4) is 0 Å². The maximum atomic E-state index is 13.0. The highest BCUT2D eigenvalue weighted by atomic mass is 16.7. The maximum absolute atomic E-state index is 13.0. The molecule has 0 bridgehead atoms. The van der Waals surface area contributed by atoms with Gasteiger partial charge in [0.05, 0.1) is 19.8 Å². The van der Waals surface area contributed by atoms with Gasteiger partial charge in [-0.25, -0.2) is 0 Å². The van der Waals surface area contributed by atoms with Crippen LogP contribution in [0.2, 0.25) is 0 Å². The second-order valence-corrected chi connectivity index (χ2v) is 19.0. The summed E-state index contributed by atoms with van der Waals surface area (Å²) in [6.07, 6.45) is 27.5. The lowest BCUT2D eigenvalue weighted by Crippen LogP contribution is -2.61. The Kier molecular flexibility index (Phi) is 37.5. The molecule has 0 aromatic heterocycles. The highest BCUT2D eigenvalue weighted by molar-refractivity contribution is 5.70. The molecule has 7 N–H and O–H groups in total. The molecule has 2 aliphatic heterocycles. The summed E-state index contributed by atoms with van der Waals surface area (Å²) in [4.78, 5) is 25.8. The molecule has 11 atom stereocenters. The lowest BCUT2D eigenvalue weighted by Gasteiger charge is -2.42. The fraction of sp³-hybridized carbons (Fsp3) is 0.852. The van der Waals surface area contributed by atoms with E-state index >= 15 is 0 Å². The van der Waals surface area contributed by atoms with Crippen LogP contribution in [-0.2, 0) is 38.0 Å². The molecular weight excluding hydrogens is 889 g/mol. The molecule has 2 aliphatic rings. The highest BCUT2D eigenvalue weighted by Crippen LogP contribution is 2.26. The number of hydrogen-bond donors (Lipinski definition) is 7. The third kappa shape index (κ3) is 29.1. The molecule has 0 saturated carbocycles. The van der Waals surface area contributed by atoms with Crippen molar-refractivity contribution in [3.63, 3.8) is 0 Å². The summed E-state index contributed by atoms with van der Waals surface area (Å²) in [5.74, 6) is -0.953. The van der Waals surface area contributed by atoms with E-state index < -0.39 is 99.3 Å². The number of unbranched alkanes of at least 4 members (excludes halogenated alkanes) is 22. The minimum atomic E-state index is -1.77. The van der Waals surface area contributed by atoms with Gasteiger partial charge in [0, 0.05) is 12.8 Å². The van der Waals surface area contributed by atoms with Crippen LogP contribution in [0.5, 0.6) is 0 Å². The van der Waals surface area contributed by atoms with Gasteiger partial charge >= 0.3 is 11.9 Å². The van der Waals surface area contributed by atoms with Crippen LogP contribution in [0, 0.1) is 0 Å². The Morgan fingerprint density at radius 1 is 0.478 bits per heavy atom. The van der Waals surface area contributed by atoms with Crippen molar-refractivity contribution < 1.29 is 73.8 Å². The standard InChI is InChI=1S/C54H96O15/c1-3-5-7-9-11-13-15-17-18-19-20-21-22-23-25-26-28-30-32-34-36-45(56)64-39-42(67-46(57)37-35-33-31-29-27-24-16-14-12-10-8-6-4-2)40-65-53-52(63)50(61)48(59)44(69-53)41-66-54-51(62)49(60)47(58)43(38-55)68-54/h6,8,12,14,24,27,42-44,47-55,58-63H,3-5,7,9-11,13,15-23,25-26,28-41H2,1-2H3/b8-6-,14-12-,27-24-. The first-order valence-electron chi connectivity index (χ1n) is 27.1. The monoisotopic (exact) mass is 985 g/mol. The van der Waals surface area contributed by atoms with E-state index in [-0.39, 0.29) is 19.4 Å². The molecule has 2 rings (SSSR count). The second kappa shape index (κ2) is 41.2. The normalized spacial score (nSPS) is 25.8. The van der Waals surface area contributed by atoms with Gasteiger partial charge in [0.1, 0.15) is 55.4 Å². The molecule has 69 heavy (non-hydrogen) atoms. The number of esters is 2. The van der Waals surface area contributed by atoms with Crippen molar-refractivity contribution >= 4 is 11.9 Å². The van der Waals surface area contributed by atoms with E-state index in [4.69, 9.17) is 28.4 Å². The zero-order chi connectivity index (χ0) is 50.3. The van der Waals surface area contributed by atoms with Crippen molar-refractivity contribution in [1.29, 1.82) is 0 Å². The Morgan fingerprint density at radius 3 is 1.43 bits per heavy atom. The summed E-state index contributed by atoms with van der Waals surface area (Å²) < 4.78 is 33.6. The van der Waals surface area contributed by atoms with Gasteiger partial charge < -0.3 is 64.2 Å². The van der Waals surface area contributed by atoms with E-state index in [1.165, 1.54) is 103 Å². The van der Waals surface area contributed by atoms with E-state index in [1.807, 2.05) is 0 Å². The van der Waals surface area contributed by atoms with E-state index in [2.05, 4.69) is 50.3 Å². The SMILES string of the molecule is CC/C=C\C/C=C\C/C=C\CCCCCC(=O)OC(COC(=O)CCCCCCCCCCCCCCCCCCCCCC)COC1OC(COC2OC(CO)C(O)C(O)C2O)C(O)C(O)C1O. The topological polar surface area (TPSA) is 231 Å². The molecule has 0 aromatic carbocycles. The van der Waals surface area contributed by atoms with Crippen molar-refractivity contribution in [2.24, 2.45) is 0 Å². The summed E-state index contributed by atoms with van der Waals surface area (Å²) >= 11 is 0. The predicted molar refractivity (Wildman–Crippen MR) is 266 cm³/mol. The van der Waals surface area contributed by atoms with Crippen molar-refractivity contribution in [2.75, 3.05) is 26.4 Å². The molecule has 0 amide bonds. The molecule has 0 radical (unpaired) electrons. The van der Waals surface area contributed by atoms with Crippen LogP contribution in [0.25, 0.3) is 0 Å². The molecule has 11 unspecified atom stereocenters. The Balaban J connectivity index is 1.76. The zero-order valence-corrected chi connectivity index (χ0v) is 42.5. The highest BCUT2D eigenvalue weighted by Gasteiger charge is 2.47. The summed E-state index contributed by atoms with van der Waals surface area (Å²) in [6, 6.07) is 0. The first-order valence-corrected chi connectivity index (χ1v) is 27.1. The molecule has 2 saturated heterocycles. The largest absolute Gasteiger partial charge is 0.462 e. The number of aliphatic hydroxyl groups is 7. The first-order chi connectivity index (χ1) is 33.5. The maximum Gasteiger partial charge on any atom is 0.306 e. The smallest absolute Gasteiger partial charge is 0.306 e. The average molecular weight is 985 g/mol. The molecule has 402 valence electrons. The van der Waals surface area contributed by atoms with Crippen molar-refractivity contribution in [1.82, 2.24) is 0 Å². The Hall–Kier alpha value is -2.28. The van der Waals surface area contributed by atoms with Crippen LogP contribution < -0.4 is 0 Å². The minimum Gasteiger partial charge on any atom is -0.462 e. The van der Waals surface area contributed by atoms with E-state index in [0.29, 0.717) is 12.8 Å². The van der Waals surface area contributed by atoms with Gasteiger partial charge in [-0.3, -0.25) is 9.59 Å². The fourth-order valence-electron chi connectivity index (χ4n) is 8.47. The van der Waals surface area contributed by atoms with Crippen molar-refractivity contribution in [2.45, 2.75) is 268 Å². The van der Waals surface area contributed by atoms with Crippen LogP contribution in [0.4, 0.5) is 0 Å². The third-order valence-electron chi connectivity index (χ3n) is 12.9. The van der Waals surface area contributed by atoms with Gasteiger partial charge in [0.25, 0.3) is 0 Å². The lowest BCUT2D eigenvalue weighted by atomic mass is 9.98. The summed E-state index contributed by atoms with van der Waals surface area (Å²) in [6.45, 7) is 2.46. The van der Waals surface area contributed by atoms with Gasteiger partial charge in [-0.1, -0.05) is 179 Å². The van der Waals surface area contributed by atoms with Gasteiger partial charge in [-0.05, 0) is 44.9 Å². The molecule has 0 aromatic rings. The number of ether oxygens (including phenoxy) is 6. The number of aliphatic hydroxyl groups excluding tert-OH is 7. The summed E-state index contributed by atoms with van der Waals surface area (Å²) in [5, 5.41) is 72.1. The fourth-order valence-corrected chi connectivity index (χ4v) is 8.47. The third-order valence-corrected chi connectivity index (χ3v) is 12.9. The number of carbonyl (C=O) groups excluding carboxylic acids is 2. The van der Waals surface area contributed by atoms with Crippen LogP contribution in [0.3, 0.4) is 0 Å². The Bertz CT molecular complexity index is 1340. The van der Waals surface area contributed by atoms with Gasteiger partial charge in [-0.15, -0.1) is 0 Å². The van der Waals surface area contributed by atoms with Crippen LogP contribution in [0.1, 0.15) is 200 Å². The number of carbonyl (C=O) groups is 2. The van der Waals surface area contributed by atoms with E-state index in [1.54, 1.807) is 0 Å². The van der Waals surface area contributed by atoms with E-state index in [9.17, 15) is 45.3 Å². The van der Waals surface area contributed by atoms with Gasteiger partial charge in [0.2, 0.25) is 0 Å². The van der Waals surface area contributed by atoms with Crippen molar-refractivity contribution in [3.05, 3.63) is 36.5 Å². The molecule has 15 nitrogen and oxygen atoms in total. The lowest BCUT2D eigenvalue weighted by molar-refractivity contribution is -0.332. The Labute approximate surface area is 415 Å². The number of allylic oxidation sites excluding steroid dienone is 6. The first kappa shape index (κ1) is 62.8. The molecule has 0 spiro atoms. The van der Waals surface area contributed by atoms with E-state index in [0.717, 1.165) is 57.8 Å². The number of hydrogen-bond acceptors (Lipinski definition) is 15. The zero-order valence-electron chi connectivity index (χ0n) is 42.5. The predicted octanol–water partition coefficient (Wildman–Crippen LogP) is 8.10. The summed E-state index contributed by atoms with van der Waals surface area (Å²) in [5.41, 5.74) is 0. The molecular formula is C54H96O15.